The summed E-state index contributed by atoms with van der Waals surface area (Å²) in [6.07, 6.45) is 0. The molecule has 0 aliphatic rings. The van der Waals surface area contributed by atoms with Gasteiger partial charge in [0.2, 0.25) is 0 Å². The number of rotatable bonds is 8. The lowest BCUT2D eigenvalue weighted by Gasteiger charge is -2.13. The molecule has 13 heteroatoms. The topological polar surface area (TPSA) is 167 Å². The molecule has 3 rings (SSSR count). The lowest BCUT2D eigenvalue weighted by Crippen LogP contribution is -2.17. The van der Waals surface area contributed by atoms with Gasteiger partial charge in [0.25, 0.3) is 20.0 Å². The van der Waals surface area contributed by atoms with Crippen molar-refractivity contribution in [1.29, 1.82) is 0 Å². The van der Waals surface area contributed by atoms with E-state index in [0.29, 0.717) is 0 Å². The zero-order valence-electron chi connectivity index (χ0n) is 16.4. The van der Waals surface area contributed by atoms with Crippen molar-refractivity contribution in [3.05, 3.63) is 82.9 Å². The molecule has 0 atom stereocenters. The van der Waals surface area contributed by atoms with Gasteiger partial charge in [0, 0.05) is 0 Å². The molecule has 0 aromatic heterocycles. The van der Waals surface area contributed by atoms with Crippen molar-refractivity contribution < 1.29 is 36.6 Å². The van der Waals surface area contributed by atoms with Crippen LogP contribution in [0.2, 0.25) is 5.02 Å². The van der Waals surface area contributed by atoms with E-state index in [2.05, 4.69) is 9.44 Å². The van der Waals surface area contributed by atoms with E-state index in [4.69, 9.17) is 16.7 Å². The summed E-state index contributed by atoms with van der Waals surface area (Å²) in [4.78, 5) is 21.8. The van der Waals surface area contributed by atoms with E-state index < -0.39 is 42.4 Å². The maximum Gasteiger partial charge on any atom is 0.337 e. The highest BCUT2D eigenvalue weighted by molar-refractivity contribution is 7.93. The number of hydrogen-bond acceptors (Lipinski definition) is 6. The van der Waals surface area contributed by atoms with Crippen molar-refractivity contribution in [3.63, 3.8) is 0 Å². The van der Waals surface area contributed by atoms with E-state index in [1.165, 1.54) is 42.5 Å². The molecule has 0 fully saturated rings. The van der Waals surface area contributed by atoms with E-state index in [0.717, 1.165) is 24.3 Å². The highest BCUT2D eigenvalue weighted by atomic mass is 35.5. The van der Waals surface area contributed by atoms with Crippen LogP contribution in [0, 0.1) is 0 Å². The van der Waals surface area contributed by atoms with Crippen LogP contribution in [-0.2, 0) is 20.0 Å². The third kappa shape index (κ3) is 5.42. The summed E-state index contributed by atoms with van der Waals surface area (Å²) in [6, 6.07) is 13.2. The second kappa shape index (κ2) is 9.10. The van der Waals surface area contributed by atoms with Crippen LogP contribution < -0.4 is 9.44 Å². The molecule has 0 aliphatic carbocycles. The van der Waals surface area contributed by atoms with Crippen LogP contribution in [0.1, 0.15) is 20.7 Å². The van der Waals surface area contributed by atoms with E-state index in [1.807, 2.05) is 0 Å². The summed E-state index contributed by atoms with van der Waals surface area (Å²) in [5.41, 5.74) is -0.985. The molecule has 10 nitrogen and oxygen atoms in total. The Bertz CT molecular complexity index is 1470. The van der Waals surface area contributed by atoms with Gasteiger partial charge in [0.15, 0.2) is 0 Å². The minimum absolute atomic E-state index is 0.129. The van der Waals surface area contributed by atoms with Gasteiger partial charge in [-0.3, -0.25) is 9.44 Å². The summed E-state index contributed by atoms with van der Waals surface area (Å²) in [6.45, 7) is 0. The summed E-state index contributed by atoms with van der Waals surface area (Å²) in [7, 11) is -8.57. The van der Waals surface area contributed by atoms with E-state index in [9.17, 15) is 31.5 Å². The predicted molar refractivity (Wildman–Crippen MR) is 120 cm³/mol. The van der Waals surface area contributed by atoms with Crippen LogP contribution in [0.15, 0.2) is 76.5 Å². The average Bonchev–Trinajstić information content (AvgIpc) is 2.73. The third-order valence-corrected chi connectivity index (χ3v) is 7.35. The van der Waals surface area contributed by atoms with E-state index >= 15 is 0 Å². The van der Waals surface area contributed by atoms with Gasteiger partial charge < -0.3 is 10.2 Å². The number of carboxylic acids is 2. The van der Waals surface area contributed by atoms with Crippen LogP contribution in [0.4, 0.5) is 11.4 Å². The van der Waals surface area contributed by atoms with Gasteiger partial charge in [-0.05, 0) is 48.5 Å². The highest BCUT2D eigenvalue weighted by Gasteiger charge is 2.21. The van der Waals surface area contributed by atoms with Crippen molar-refractivity contribution in [1.82, 2.24) is 0 Å². The summed E-state index contributed by atoms with van der Waals surface area (Å²) >= 11 is 5.76. The number of sulfonamides is 2. The number of halogens is 1. The monoisotopic (exact) mass is 510 g/mol. The van der Waals surface area contributed by atoms with Crippen LogP contribution in [-0.4, -0.2) is 39.0 Å². The SMILES string of the molecule is O=C(O)c1cc(S(=O)(=O)Nc2cccc(S(=O)(=O)Nc3ccccc3C(=O)O)c2)ccc1Cl. The molecule has 33 heavy (non-hydrogen) atoms. The zero-order chi connectivity index (χ0) is 24.4. The van der Waals surface area contributed by atoms with Gasteiger partial charge in [-0.1, -0.05) is 29.8 Å². The Kier molecular flexibility index (Phi) is 6.63. The molecule has 0 unspecified atom stereocenters. The molecule has 0 heterocycles. The molecular formula is C20H15ClN2O8S2. The molecule has 4 N–H and O–H groups in total. The molecule has 172 valence electrons. The van der Waals surface area contributed by atoms with E-state index in [1.54, 1.807) is 0 Å². The quantitative estimate of drug-likeness (QED) is 0.358. The van der Waals surface area contributed by atoms with Crippen LogP contribution in [0.25, 0.3) is 0 Å². The molecule has 0 amide bonds. The second-order valence-electron chi connectivity index (χ2n) is 6.54. The van der Waals surface area contributed by atoms with Gasteiger partial charge in [0.05, 0.1) is 37.3 Å². The minimum Gasteiger partial charge on any atom is -0.478 e. The van der Waals surface area contributed by atoms with Gasteiger partial charge in [-0.15, -0.1) is 0 Å². The molecule has 0 bridgehead atoms. The minimum atomic E-state index is -4.29. The van der Waals surface area contributed by atoms with Crippen molar-refractivity contribution in [2.75, 3.05) is 9.44 Å². The first-order valence-electron chi connectivity index (χ1n) is 8.91. The maximum absolute atomic E-state index is 12.8. The lowest BCUT2D eigenvalue weighted by atomic mass is 10.2. The Morgan fingerprint density at radius 1 is 0.697 bits per heavy atom. The number of anilines is 2. The maximum atomic E-state index is 12.8. The fraction of sp³-hybridized carbons (Fsp3) is 0. The second-order valence-corrected chi connectivity index (χ2v) is 10.3. The number of nitrogens with one attached hydrogen (secondary N) is 2. The molecular weight excluding hydrogens is 496 g/mol. The Hall–Kier alpha value is -3.61. The number of hydrogen-bond donors (Lipinski definition) is 4. The average molecular weight is 511 g/mol. The molecule has 0 saturated carbocycles. The summed E-state index contributed by atoms with van der Waals surface area (Å²) in [5.74, 6) is -2.75. The van der Waals surface area contributed by atoms with Crippen molar-refractivity contribution in [2.45, 2.75) is 9.79 Å². The highest BCUT2D eigenvalue weighted by Crippen LogP contribution is 2.25. The molecule has 0 saturated heterocycles. The van der Waals surface area contributed by atoms with Crippen LogP contribution in [0.5, 0.6) is 0 Å². The summed E-state index contributed by atoms with van der Waals surface area (Å²) in [5, 5.41) is 18.2. The molecule has 0 aliphatic heterocycles. The number of aromatic carboxylic acids is 2. The Balaban J connectivity index is 1.92. The van der Waals surface area contributed by atoms with Gasteiger partial charge in [-0.25, -0.2) is 26.4 Å². The Morgan fingerprint density at radius 2 is 1.30 bits per heavy atom. The number of carbonyl (C=O) groups is 2. The fourth-order valence-corrected chi connectivity index (χ4v) is 5.14. The van der Waals surface area contributed by atoms with Gasteiger partial charge in [-0.2, -0.15) is 0 Å². The van der Waals surface area contributed by atoms with Crippen LogP contribution in [0.3, 0.4) is 0 Å². The number of benzene rings is 3. The molecule has 3 aromatic rings. The van der Waals surface area contributed by atoms with Crippen molar-refractivity contribution >= 4 is 55.0 Å². The van der Waals surface area contributed by atoms with E-state index in [-0.39, 0.29) is 26.9 Å². The Labute approximate surface area is 193 Å². The fourth-order valence-electron chi connectivity index (χ4n) is 2.74. The first kappa shape index (κ1) is 24.0. The van der Waals surface area contributed by atoms with Crippen LogP contribution >= 0.6 is 11.6 Å². The smallest absolute Gasteiger partial charge is 0.337 e. The van der Waals surface area contributed by atoms with Gasteiger partial charge >= 0.3 is 11.9 Å². The first-order chi connectivity index (χ1) is 15.4. The molecule has 3 aromatic carbocycles. The largest absolute Gasteiger partial charge is 0.478 e. The standard InChI is InChI=1S/C20H15ClN2O8S2/c21-17-9-8-14(11-16(17)20(26)27)32(28,29)22-12-4-3-5-13(10-12)33(30,31)23-18-7-2-1-6-15(18)19(24)25/h1-11,22-23H,(H,24,25)(H,26,27). The van der Waals surface area contributed by atoms with Crippen molar-refractivity contribution in [3.8, 4) is 0 Å². The van der Waals surface area contributed by atoms with Gasteiger partial charge in [0.1, 0.15) is 0 Å². The first-order valence-corrected chi connectivity index (χ1v) is 12.3. The lowest BCUT2D eigenvalue weighted by molar-refractivity contribution is 0.0686. The number of carboxylic acid groups (broad SMARTS) is 2. The van der Waals surface area contributed by atoms with Crippen molar-refractivity contribution in [2.24, 2.45) is 0 Å². The molecule has 0 radical (unpaired) electrons. The zero-order valence-corrected chi connectivity index (χ0v) is 18.8. The summed E-state index contributed by atoms with van der Waals surface area (Å²) < 4.78 is 55.2. The normalized spacial score (nSPS) is 11.5. The number of para-hydroxylation sites is 1. The third-order valence-electron chi connectivity index (χ3n) is 4.28. The Morgan fingerprint density at radius 3 is 1.97 bits per heavy atom. The molecule has 0 spiro atoms. The predicted octanol–water partition coefficient (Wildman–Crippen LogP) is 3.34.